The molecule has 0 fully saturated rings. The van der Waals surface area contributed by atoms with Gasteiger partial charge in [0.25, 0.3) is 6.04 Å². The van der Waals surface area contributed by atoms with E-state index in [1.807, 2.05) is 25.3 Å². The fourth-order valence-corrected chi connectivity index (χ4v) is 4.67. The van der Waals surface area contributed by atoms with Crippen molar-refractivity contribution in [3.05, 3.63) is 49.7 Å². The van der Waals surface area contributed by atoms with Gasteiger partial charge in [-0.05, 0) is 36.9 Å². The maximum Gasteiger partial charge on any atom is 0.257 e. The first-order valence-electron chi connectivity index (χ1n) is 8.93. The first kappa shape index (κ1) is 17.3. The van der Waals surface area contributed by atoms with Crippen LogP contribution < -0.4 is 14.2 Å². The standard InChI is InChI=1S/C19H18N2O6S/c1-19(2)8-25-18(20-19)17-10(3-4-28-17)16-11-5-14-15(27-9-26-14)6-13(11)24-7-12(16)21(22)23/h3-6,12,16H,7-9H2,1-2H3. The van der Waals surface area contributed by atoms with Gasteiger partial charge in [0.05, 0.1) is 16.3 Å². The Bertz CT molecular complexity index is 998. The summed E-state index contributed by atoms with van der Waals surface area (Å²) in [7, 11) is 0. The van der Waals surface area contributed by atoms with Gasteiger partial charge in [-0.2, -0.15) is 0 Å². The number of rotatable bonds is 3. The van der Waals surface area contributed by atoms with Gasteiger partial charge >= 0.3 is 0 Å². The summed E-state index contributed by atoms with van der Waals surface area (Å²) < 4.78 is 22.4. The molecule has 0 saturated heterocycles. The van der Waals surface area contributed by atoms with Crippen LogP contribution in [0.5, 0.6) is 17.2 Å². The molecule has 146 valence electrons. The van der Waals surface area contributed by atoms with Crippen LogP contribution in [0.15, 0.2) is 28.6 Å². The van der Waals surface area contributed by atoms with Crippen LogP contribution in [0, 0.1) is 10.1 Å². The van der Waals surface area contributed by atoms with Crippen LogP contribution in [0.1, 0.15) is 35.8 Å². The minimum atomic E-state index is -0.920. The Balaban J connectivity index is 1.65. The van der Waals surface area contributed by atoms with Crippen molar-refractivity contribution in [1.82, 2.24) is 0 Å². The first-order chi connectivity index (χ1) is 13.4. The summed E-state index contributed by atoms with van der Waals surface area (Å²) in [5.74, 6) is 1.80. The van der Waals surface area contributed by atoms with Crippen LogP contribution in [0.3, 0.4) is 0 Å². The number of thiophene rings is 1. The number of hydrogen-bond acceptors (Lipinski definition) is 8. The monoisotopic (exact) mass is 402 g/mol. The third kappa shape index (κ3) is 2.69. The lowest BCUT2D eigenvalue weighted by molar-refractivity contribution is -0.528. The topological polar surface area (TPSA) is 92.4 Å². The number of hydrogen-bond donors (Lipinski definition) is 0. The Kier molecular flexibility index (Phi) is 3.77. The third-order valence-electron chi connectivity index (χ3n) is 5.10. The molecule has 0 radical (unpaired) electrons. The van der Waals surface area contributed by atoms with Crippen molar-refractivity contribution < 1.29 is 23.9 Å². The van der Waals surface area contributed by atoms with Crippen molar-refractivity contribution in [3.63, 3.8) is 0 Å². The SMILES string of the molecule is CC1(C)COC(c2sccc2C2c3cc4c(cc3OCC2[N+](=O)[O-])OCO4)=N1. The van der Waals surface area contributed by atoms with Crippen molar-refractivity contribution >= 4 is 17.2 Å². The number of ether oxygens (including phenoxy) is 4. The van der Waals surface area contributed by atoms with Gasteiger partial charge in [-0.25, -0.2) is 4.99 Å². The summed E-state index contributed by atoms with van der Waals surface area (Å²) in [6.07, 6.45) is 0. The number of fused-ring (bicyclic) bond motifs is 2. The lowest BCUT2D eigenvalue weighted by Gasteiger charge is -2.29. The summed E-state index contributed by atoms with van der Waals surface area (Å²) in [4.78, 5) is 17.1. The molecule has 0 amide bonds. The average Bonchev–Trinajstić information content (AvgIpc) is 3.37. The molecule has 0 bridgehead atoms. The zero-order valence-electron chi connectivity index (χ0n) is 15.3. The lowest BCUT2D eigenvalue weighted by Crippen LogP contribution is -2.38. The van der Waals surface area contributed by atoms with E-state index in [-0.39, 0.29) is 23.9 Å². The summed E-state index contributed by atoms with van der Waals surface area (Å²) in [5, 5.41) is 13.8. The van der Waals surface area contributed by atoms with E-state index in [9.17, 15) is 10.1 Å². The summed E-state index contributed by atoms with van der Waals surface area (Å²) >= 11 is 1.48. The minimum absolute atomic E-state index is 0.0155. The molecule has 0 saturated carbocycles. The van der Waals surface area contributed by atoms with Crippen molar-refractivity contribution in [2.75, 3.05) is 20.0 Å². The Morgan fingerprint density at radius 3 is 2.64 bits per heavy atom. The molecule has 0 N–H and O–H groups in total. The predicted molar refractivity (Wildman–Crippen MR) is 102 cm³/mol. The zero-order valence-corrected chi connectivity index (χ0v) is 16.2. The Morgan fingerprint density at radius 2 is 1.93 bits per heavy atom. The molecule has 4 heterocycles. The number of nitro groups is 1. The van der Waals surface area contributed by atoms with E-state index in [4.69, 9.17) is 18.9 Å². The fraction of sp³-hybridized carbons (Fsp3) is 0.421. The predicted octanol–water partition coefficient (Wildman–Crippen LogP) is 3.20. The molecule has 0 spiro atoms. The van der Waals surface area contributed by atoms with E-state index in [2.05, 4.69) is 4.99 Å². The zero-order chi connectivity index (χ0) is 19.5. The van der Waals surface area contributed by atoms with Gasteiger partial charge in [-0.1, -0.05) is 0 Å². The molecule has 28 heavy (non-hydrogen) atoms. The van der Waals surface area contributed by atoms with Crippen LogP contribution in [-0.4, -0.2) is 42.4 Å². The molecule has 2 aromatic rings. The van der Waals surface area contributed by atoms with Crippen molar-refractivity contribution in [1.29, 1.82) is 0 Å². The molecule has 2 atom stereocenters. The average molecular weight is 402 g/mol. The first-order valence-corrected chi connectivity index (χ1v) is 9.81. The number of nitrogens with zero attached hydrogens (tertiary/aromatic N) is 2. The molecular weight excluding hydrogens is 384 g/mol. The molecule has 5 rings (SSSR count). The van der Waals surface area contributed by atoms with Crippen molar-refractivity contribution in [2.24, 2.45) is 4.99 Å². The molecule has 1 aromatic carbocycles. The summed E-state index contributed by atoms with van der Waals surface area (Å²) in [6, 6.07) is 4.54. The van der Waals surface area contributed by atoms with Crippen molar-refractivity contribution in [2.45, 2.75) is 31.3 Å². The molecule has 1 aromatic heterocycles. The largest absolute Gasteiger partial charge is 0.486 e. The van der Waals surface area contributed by atoms with Crippen LogP contribution in [-0.2, 0) is 4.74 Å². The van der Waals surface area contributed by atoms with E-state index in [1.54, 1.807) is 12.1 Å². The van der Waals surface area contributed by atoms with E-state index < -0.39 is 12.0 Å². The molecule has 3 aliphatic rings. The maximum absolute atomic E-state index is 11.9. The van der Waals surface area contributed by atoms with Crippen molar-refractivity contribution in [3.8, 4) is 17.2 Å². The molecule has 2 unspecified atom stereocenters. The Labute approximate surface area is 164 Å². The molecule has 8 nitrogen and oxygen atoms in total. The molecular formula is C19H18N2O6S. The van der Waals surface area contributed by atoms with Gasteiger partial charge in [0, 0.05) is 16.6 Å². The Morgan fingerprint density at radius 1 is 1.14 bits per heavy atom. The van der Waals surface area contributed by atoms with Gasteiger partial charge in [-0.15, -0.1) is 11.3 Å². The number of benzene rings is 1. The minimum Gasteiger partial charge on any atom is -0.486 e. The summed E-state index contributed by atoms with van der Waals surface area (Å²) in [5.41, 5.74) is 1.24. The van der Waals surface area contributed by atoms with Gasteiger partial charge in [0.2, 0.25) is 12.7 Å². The van der Waals surface area contributed by atoms with Crippen LogP contribution in [0.25, 0.3) is 0 Å². The van der Waals surface area contributed by atoms with Crippen LogP contribution >= 0.6 is 11.3 Å². The van der Waals surface area contributed by atoms with Crippen LogP contribution in [0.2, 0.25) is 0 Å². The summed E-state index contributed by atoms with van der Waals surface area (Å²) in [6.45, 7) is 4.60. The Hall–Kier alpha value is -2.81. The van der Waals surface area contributed by atoms with E-state index in [1.165, 1.54) is 11.3 Å². The molecule has 9 heteroatoms. The van der Waals surface area contributed by atoms with Crippen LogP contribution in [0.4, 0.5) is 0 Å². The maximum atomic E-state index is 11.9. The van der Waals surface area contributed by atoms with E-state index in [0.717, 1.165) is 16.0 Å². The highest BCUT2D eigenvalue weighted by Gasteiger charge is 2.44. The second kappa shape index (κ2) is 6.10. The van der Waals surface area contributed by atoms with Gasteiger partial charge in [-0.3, -0.25) is 10.1 Å². The molecule has 0 aliphatic carbocycles. The van der Waals surface area contributed by atoms with Gasteiger partial charge in [0.1, 0.15) is 12.4 Å². The van der Waals surface area contributed by atoms with Gasteiger partial charge < -0.3 is 18.9 Å². The van der Waals surface area contributed by atoms with E-state index in [0.29, 0.717) is 29.8 Å². The quantitative estimate of drug-likeness (QED) is 0.578. The third-order valence-corrected chi connectivity index (χ3v) is 6.01. The smallest absolute Gasteiger partial charge is 0.257 e. The number of aliphatic imine (C=N–C) groups is 1. The highest BCUT2D eigenvalue weighted by atomic mass is 32.1. The second-order valence-electron chi connectivity index (χ2n) is 7.61. The van der Waals surface area contributed by atoms with E-state index >= 15 is 0 Å². The second-order valence-corrected chi connectivity index (χ2v) is 8.52. The highest BCUT2D eigenvalue weighted by molar-refractivity contribution is 7.12. The highest BCUT2D eigenvalue weighted by Crippen LogP contribution is 2.47. The normalized spacial score (nSPS) is 24.1. The fourth-order valence-electron chi connectivity index (χ4n) is 3.78. The van der Waals surface area contributed by atoms with Gasteiger partial charge in [0.15, 0.2) is 18.1 Å². The molecule has 3 aliphatic heterocycles. The lowest BCUT2D eigenvalue weighted by atomic mass is 9.83.